The number of halogens is 2. The molecule has 1 aliphatic heterocycles. The number of hydrazine groups is 1. The van der Waals surface area contributed by atoms with E-state index in [1.54, 1.807) is 23.9 Å². The summed E-state index contributed by atoms with van der Waals surface area (Å²) < 4.78 is 39.7. The maximum Gasteiger partial charge on any atom is 0.319 e. The van der Waals surface area contributed by atoms with Crippen molar-refractivity contribution >= 4 is 33.6 Å². The molecule has 196 valence electrons. The Bertz CT molecular complexity index is 845. The Balaban J connectivity index is 1.46. The summed E-state index contributed by atoms with van der Waals surface area (Å²) in [6.45, 7) is 4.00. The molecular formula is C21H38ClFN6O4S. The Labute approximate surface area is 206 Å². The molecule has 3 aliphatic rings. The van der Waals surface area contributed by atoms with Crippen molar-refractivity contribution in [3.8, 4) is 0 Å². The lowest BCUT2D eigenvalue weighted by atomic mass is 9.76. The van der Waals surface area contributed by atoms with Gasteiger partial charge in [-0.25, -0.2) is 17.6 Å². The molecule has 2 aliphatic carbocycles. The van der Waals surface area contributed by atoms with Crippen molar-refractivity contribution < 1.29 is 22.4 Å². The van der Waals surface area contributed by atoms with Crippen LogP contribution in [0.1, 0.15) is 32.6 Å². The monoisotopic (exact) mass is 524 g/mol. The second-order valence-corrected chi connectivity index (χ2v) is 12.4. The van der Waals surface area contributed by atoms with E-state index < -0.39 is 33.4 Å². The van der Waals surface area contributed by atoms with Gasteiger partial charge in [0.15, 0.2) is 0 Å². The predicted octanol–water partition coefficient (Wildman–Crippen LogP) is 0.552. The van der Waals surface area contributed by atoms with Gasteiger partial charge in [-0.05, 0) is 51.5 Å². The molecule has 1 heterocycles. The minimum absolute atomic E-state index is 0.00773. The van der Waals surface area contributed by atoms with Gasteiger partial charge in [0.25, 0.3) is 0 Å². The molecule has 3 rings (SSSR count). The van der Waals surface area contributed by atoms with Gasteiger partial charge < -0.3 is 9.80 Å². The van der Waals surface area contributed by atoms with Crippen LogP contribution >= 0.6 is 11.6 Å². The SMILES string of the molecule is CCN(C)C(=O)N(C)C1CC(CS(=O)(=O)NNC(=O)C2CC(C3CN(C)CN3)CC(Cl)C2F)C1. The first kappa shape index (κ1) is 27.4. The van der Waals surface area contributed by atoms with Gasteiger partial charge in [0, 0.05) is 45.9 Å². The second kappa shape index (κ2) is 11.2. The topological polar surface area (TPSA) is 114 Å². The Morgan fingerprint density at radius 1 is 1.21 bits per heavy atom. The highest BCUT2D eigenvalue weighted by Crippen LogP contribution is 2.37. The number of hydrogen-bond acceptors (Lipinski definition) is 6. The zero-order valence-electron chi connectivity index (χ0n) is 20.3. The van der Waals surface area contributed by atoms with Crippen molar-refractivity contribution in [3.05, 3.63) is 0 Å². The molecule has 0 aromatic carbocycles. The number of sulfonamides is 1. The van der Waals surface area contributed by atoms with E-state index in [4.69, 9.17) is 11.6 Å². The van der Waals surface area contributed by atoms with E-state index in [1.807, 2.05) is 14.0 Å². The number of rotatable bonds is 8. The highest BCUT2D eigenvalue weighted by Gasteiger charge is 2.44. The molecule has 3 amide bonds. The third-order valence-electron chi connectivity index (χ3n) is 7.50. The number of hydrogen-bond donors (Lipinski definition) is 3. The Morgan fingerprint density at radius 2 is 1.88 bits per heavy atom. The average molecular weight is 525 g/mol. The number of amides is 3. The highest BCUT2D eigenvalue weighted by atomic mass is 35.5. The molecule has 5 unspecified atom stereocenters. The number of carbonyl (C=O) groups excluding carboxylic acids is 2. The molecule has 0 radical (unpaired) electrons. The molecule has 0 aromatic heterocycles. The number of likely N-dealkylation sites (N-methyl/N-ethyl adjacent to an activating group) is 1. The third-order valence-corrected chi connectivity index (χ3v) is 9.24. The predicted molar refractivity (Wildman–Crippen MR) is 128 cm³/mol. The van der Waals surface area contributed by atoms with Crippen molar-refractivity contribution in [2.75, 3.05) is 46.7 Å². The molecular weight excluding hydrogens is 487 g/mol. The Morgan fingerprint density at radius 3 is 2.47 bits per heavy atom. The minimum atomic E-state index is -3.80. The van der Waals surface area contributed by atoms with Crippen LogP contribution in [0.5, 0.6) is 0 Å². The lowest BCUT2D eigenvalue weighted by molar-refractivity contribution is -0.129. The van der Waals surface area contributed by atoms with E-state index in [2.05, 4.69) is 20.5 Å². The summed E-state index contributed by atoms with van der Waals surface area (Å²) in [6, 6.07) is 0.0221. The van der Waals surface area contributed by atoms with Crippen LogP contribution in [0.4, 0.5) is 9.18 Å². The molecule has 34 heavy (non-hydrogen) atoms. The first-order valence-corrected chi connectivity index (χ1v) is 14.0. The Hall–Kier alpha value is -1.21. The molecule has 10 nitrogen and oxygen atoms in total. The summed E-state index contributed by atoms with van der Waals surface area (Å²) in [5.74, 6) is -1.97. The number of nitrogens with one attached hydrogen (secondary N) is 3. The van der Waals surface area contributed by atoms with Crippen LogP contribution < -0.4 is 15.6 Å². The summed E-state index contributed by atoms with van der Waals surface area (Å²) in [4.78, 5) is 32.4. The van der Waals surface area contributed by atoms with Crippen molar-refractivity contribution in [1.29, 1.82) is 0 Å². The van der Waals surface area contributed by atoms with Crippen molar-refractivity contribution in [2.45, 2.75) is 56.2 Å². The minimum Gasteiger partial charge on any atom is -0.328 e. The van der Waals surface area contributed by atoms with Crippen LogP contribution in [0.3, 0.4) is 0 Å². The van der Waals surface area contributed by atoms with Gasteiger partial charge in [0.1, 0.15) is 6.17 Å². The highest BCUT2D eigenvalue weighted by molar-refractivity contribution is 7.89. The van der Waals surface area contributed by atoms with Crippen LogP contribution in [0, 0.1) is 17.8 Å². The van der Waals surface area contributed by atoms with Gasteiger partial charge in [-0.3, -0.25) is 20.4 Å². The van der Waals surface area contributed by atoms with Gasteiger partial charge in [-0.15, -0.1) is 16.4 Å². The van der Waals surface area contributed by atoms with E-state index in [9.17, 15) is 22.4 Å². The maximum atomic E-state index is 14.8. The fourth-order valence-electron chi connectivity index (χ4n) is 5.14. The molecule has 1 saturated heterocycles. The lowest BCUT2D eigenvalue weighted by Crippen LogP contribution is -2.54. The number of nitrogens with zero attached hydrogens (tertiary/aromatic N) is 3. The largest absolute Gasteiger partial charge is 0.328 e. The first-order valence-electron chi connectivity index (χ1n) is 11.9. The maximum absolute atomic E-state index is 14.8. The fourth-order valence-corrected chi connectivity index (χ4v) is 6.78. The lowest BCUT2D eigenvalue weighted by Gasteiger charge is -2.42. The zero-order chi connectivity index (χ0) is 25.2. The molecule has 5 atom stereocenters. The van der Waals surface area contributed by atoms with E-state index in [1.165, 1.54) is 0 Å². The fraction of sp³-hybridized carbons (Fsp3) is 0.905. The van der Waals surface area contributed by atoms with E-state index in [0.29, 0.717) is 32.2 Å². The average Bonchev–Trinajstić information content (AvgIpc) is 3.20. The van der Waals surface area contributed by atoms with Crippen LogP contribution in [0.25, 0.3) is 0 Å². The molecule has 0 bridgehead atoms. The Kier molecular flexibility index (Phi) is 9.05. The van der Waals surface area contributed by atoms with E-state index >= 15 is 0 Å². The number of alkyl halides is 2. The van der Waals surface area contributed by atoms with Gasteiger partial charge in [0.2, 0.25) is 15.9 Å². The molecule has 0 aromatic rings. The van der Waals surface area contributed by atoms with E-state index in [-0.39, 0.29) is 35.7 Å². The zero-order valence-corrected chi connectivity index (χ0v) is 21.9. The number of urea groups is 1. The van der Waals surface area contributed by atoms with E-state index in [0.717, 1.165) is 13.2 Å². The smallest absolute Gasteiger partial charge is 0.319 e. The summed E-state index contributed by atoms with van der Waals surface area (Å²) in [6.07, 6.45) is 0.380. The molecule has 3 N–H and O–H groups in total. The molecule has 13 heteroatoms. The van der Waals surface area contributed by atoms with Crippen molar-refractivity contribution in [1.82, 2.24) is 30.3 Å². The van der Waals surface area contributed by atoms with Crippen LogP contribution in [0.2, 0.25) is 0 Å². The molecule has 0 spiro atoms. The second-order valence-electron chi connectivity index (χ2n) is 10.1. The summed E-state index contributed by atoms with van der Waals surface area (Å²) >= 11 is 6.22. The summed E-state index contributed by atoms with van der Waals surface area (Å²) in [7, 11) is 1.62. The van der Waals surface area contributed by atoms with Gasteiger partial charge >= 0.3 is 6.03 Å². The number of carbonyl (C=O) groups is 2. The van der Waals surface area contributed by atoms with Crippen molar-refractivity contribution in [3.63, 3.8) is 0 Å². The van der Waals surface area contributed by atoms with Gasteiger partial charge in [-0.2, -0.15) is 0 Å². The van der Waals surface area contributed by atoms with Crippen LogP contribution in [0.15, 0.2) is 0 Å². The normalized spacial score (nSPS) is 34.4. The molecule has 2 saturated carbocycles. The quantitative estimate of drug-likeness (QED) is 0.316. The first-order chi connectivity index (χ1) is 15.9. The van der Waals surface area contributed by atoms with Crippen LogP contribution in [-0.4, -0.2) is 105 Å². The van der Waals surface area contributed by atoms with Crippen molar-refractivity contribution in [2.24, 2.45) is 17.8 Å². The summed E-state index contributed by atoms with van der Waals surface area (Å²) in [5, 5.41) is 2.57. The van der Waals surface area contributed by atoms with Gasteiger partial charge in [0.05, 0.1) is 17.0 Å². The van der Waals surface area contributed by atoms with Gasteiger partial charge in [-0.1, -0.05) is 0 Å². The third kappa shape index (κ3) is 6.51. The van der Waals surface area contributed by atoms with Crippen LogP contribution in [-0.2, 0) is 14.8 Å². The standard InChI is InChI=1S/C21H38ClFN6O4S/c1-5-28(3)21(31)29(4)15-6-13(7-15)11-34(32,33)26-25-20(30)16-8-14(9-17(22)19(16)23)18-10-27(2)12-24-18/h13-19,24,26H,5-12H2,1-4H3,(H,25,30). The summed E-state index contributed by atoms with van der Waals surface area (Å²) in [5.41, 5.74) is 2.21. The molecule has 3 fully saturated rings.